The van der Waals surface area contributed by atoms with Crippen LogP contribution in [0.15, 0.2) is 146 Å². The van der Waals surface area contributed by atoms with Crippen molar-refractivity contribution in [2.24, 2.45) is 0 Å². The molecular formula is C67H108O5. The number of carbonyl (C=O) groups is 2. The van der Waals surface area contributed by atoms with Crippen LogP contribution in [0, 0.1) is 0 Å². The smallest absolute Gasteiger partial charge is 0.306 e. The van der Waals surface area contributed by atoms with Crippen LogP contribution in [0.2, 0.25) is 0 Å². The number of hydrogen-bond acceptors (Lipinski definition) is 5. The molecule has 1 atom stereocenters. The van der Waals surface area contributed by atoms with Crippen LogP contribution in [0.4, 0.5) is 0 Å². The van der Waals surface area contributed by atoms with Gasteiger partial charge in [-0.25, -0.2) is 0 Å². The molecule has 0 saturated heterocycles. The van der Waals surface area contributed by atoms with Crippen molar-refractivity contribution in [2.45, 2.75) is 245 Å². The summed E-state index contributed by atoms with van der Waals surface area (Å²) in [6, 6.07) is 0. The average molecular weight is 994 g/mol. The Kier molecular flexibility index (Phi) is 57.5. The Labute approximate surface area is 444 Å². The van der Waals surface area contributed by atoms with Crippen molar-refractivity contribution in [1.29, 1.82) is 0 Å². The zero-order valence-electron chi connectivity index (χ0n) is 46.6. The largest absolute Gasteiger partial charge is 0.462 e. The van der Waals surface area contributed by atoms with Crippen molar-refractivity contribution < 1.29 is 23.8 Å². The van der Waals surface area contributed by atoms with Crippen molar-refractivity contribution >= 4 is 11.9 Å². The second kappa shape index (κ2) is 61.1. The van der Waals surface area contributed by atoms with E-state index in [-0.39, 0.29) is 25.2 Å². The normalized spacial score (nSPS) is 13.3. The molecule has 0 aromatic heterocycles. The third kappa shape index (κ3) is 58.4. The SMILES string of the molecule is CC/C=C\C/C=C\C/C=C\C/C=C\C/C=C\C/C=C\CCC(=O)OCC(COCCCCCCCCCCCC/C=C\C/C=C\CCCCC)OC(=O)CCCCCC/C=C\C/C=C\C/C=C\C/C=C\CC. The third-order valence-corrected chi connectivity index (χ3v) is 11.9. The fourth-order valence-corrected chi connectivity index (χ4v) is 7.56. The molecule has 0 spiro atoms. The van der Waals surface area contributed by atoms with Gasteiger partial charge in [0.2, 0.25) is 0 Å². The predicted molar refractivity (Wildman–Crippen MR) is 315 cm³/mol. The van der Waals surface area contributed by atoms with Crippen LogP contribution < -0.4 is 0 Å². The van der Waals surface area contributed by atoms with Crippen molar-refractivity contribution in [3.05, 3.63) is 146 Å². The van der Waals surface area contributed by atoms with Gasteiger partial charge in [0.25, 0.3) is 0 Å². The molecule has 0 N–H and O–H groups in total. The van der Waals surface area contributed by atoms with E-state index in [4.69, 9.17) is 14.2 Å². The van der Waals surface area contributed by atoms with Gasteiger partial charge in [-0.1, -0.05) is 244 Å². The summed E-state index contributed by atoms with van der Waals surface area (Å²) in [5.41, 5.74) is 0. The minimum absolute atomic E-state index is 0.0245. The van der Waals surface area contributed by atoms with Crippen LogP contribution in [0.1, 0.15) is 239 Å². The molecule has 0 radical (unpaired) electrons. The highest BCUT2D eigenvalue weighted by Crippen LogP contribution is 2.13. The van der Waals surface area contributed by atoms with Gasteiger partial charge >= 0.3 is 11.9 Å². The minimum Gasteiger partial charge on any atom is -0.462 e. The number of allylic oxidation sites excluding steroid dienone is 24. The van der Waals surface area contributed by atoms with Crippen molar-refractivity contribution in [2.75, 3.05) is 19.8 Å². The number of ether oxygens (including phenoxy) is 3. The molecule has 406 valence electrons. The highest BCUT2D eigenvalue weighted by Gasteiger charge is 2.17. The molecule has 0 fully saturated rings. The molecule has 72 heavy (non-hydrogen) atoms. The maximum atomic E-state index is 12.9. The number of unbranched alkanes of at least 4 members (excludes halogenated alkanes) is 17. The van der Waals surface area contributed by atoms with Crippen LogP contribution in [0.25, 0.3) is 0 Å². The Morgan fingerprint density at radius 2 is 0.653 bits per heavy atom. The van der Waals surface area contributed by atoms with Gasteiger partial charge in [-0.2, -0.15) is 0 Å². The van der Waals surface area contributed by atoms with Gasteiger partial charge in [0.15, 0.2) is 6.10 Å². The van der Waals surface area contributed by atoms with E-state index in [1.807, 2.05) is 6.08 Å². The average Bonchev–Trinajstić information content (AvgIpc) is 3.38. The molecule has 5 heteroatoms. The van der Waals surface area contributed by atoms with E-state index in [2.05, 4.69) is 161 Å². The first kappa shape index (κ1) is 67.8. The van der Waals surface area contributed by atoms with E-state index in [1.54, 1.807) is 0 Å². The first-order chi connectivity index (χ1) is 35.6. The summed E-state index contributed by atoms with van der Waals surface area (Å²) in [6.07, 6.45) is 88.8. The second-order valence-corrected chi connectivity index (χ2v) is 18.8. The lowest BCUT2D eigenvalue weighted by atomic mass is 10.1. The van der Waals surface area contributed by atoms with Gasteiger partial charge in [0.1, 0.15) is 6.61 Å². The van der Waals surface area contributed by atoms with E-state index in [0.717, 1.165) is 116 Å². The van der Waals surface area contributed by atoms with Crippen LogP contribution in [0.3, 0.4) is 0 Å². The van der Waals surface area contributed by atoms with E-state index >= 15 is 0 Å². The lowest BCUT2D eigenvalue weighted by Crippen LogP contribution is -2.30. The Morgan fingerprint density at radius 1 is 0.319 bits per heavy atom. The zero-order chi connectivity index (χ0) is 52.0. The molecule has 0 heterocycles. The summed E-state index contributed by atoms with van der Waals surface area (Å²) in [5, 5.41) is 0. The molecule has 0 aliphatic carbocycles. The van der Waals surface area contributed by atoms with Crippen LogP contribution >= 0.6 is 0 Å². The van der Waals surface area contributed by atoms with Gasteiger partial charge < -0.3 is 14.2 Å². The predicted octanol–water partition coefficient (Wildman–Crippen LogP) is 20.5. The van der Waals surface area contributed by atoms with Gasteiger partial charge in [0.05, 0.1) is 6.61 Å². The van der Waals surface area contributed by atoms with Gasteiger partial charge in [0, 0.05) is 19.4 Å². The van der Waals surface area contributed by atoms with Crippen molar-refractivity contribution in [3.8, 4) is 0 Å². The molecule has 0 bridgehead atoms. The number of rotatable bonds is 52. The molecule has 0 aromatic rings. The Bertz CT molecular complexity index is 1540. The van der Waals surface area contributed by atoms with Gasteiger partial charge in [-0.15, -0.1) is 0 Å². The summed E-state index contributed by atoms with van der Waals surface area (Å²) in [7, 11) is 0. The Hall–Kier alpha value is -4.22. The maximum absolute atomic E-state index is 12.9. The number of esters is 2. The molecule has 5 nitrogen and oxygen atoms in total. The highest BCUT2D eigenvalue weighted by molar-refractivity contribution is 5.70. The molecule has 1 unspecified atom stereocenters. The monoisotopic (exact) mass is 993 g/mol. The summed E-state index contributed by atoms with van der Waals surface area (Å²) in [6.45, 7) is 7.46. The molecule has 0 amide bonds. The van der Waals surface area contributed by atoms with Gasteiger partial charge in [-0.3, -0.25) is 9.59 Å². The van der Waals surface area contributed by atoms with E-state index in [1.165, 1.54) is 83.5 Å². The maximum Gasteiger partial charge on any atom is 0.306 e. The minimum atomic E-state index is -0.594. The van der Waals surface area contributed by atoms with Crippen molar-refractivity contribution in [3.63, 3.8) is 0 Å². The Morgan fingerprint density at radius 3 is 1.06 bits per heavy atom. The first-order valence-corrected chi connectivity index (χ1v) is 29.4. The van der Waals surface area contributed by atoms with E-state index in [0.29, 0.717) is 25.9 Å². The summed E-state index contributed by atoms with van der Waals surface area (Å²) < 4.78 is 17.4. The molecule has 0 rings (SSSR count). The molecule has 0 aliphatic heterocycles. The lowest BCUT2D eigenvalue weighted by Gasteiger charge is -2.18. The molecule has 0 aliphatic rings. The second-order valence-electron chi connectivity index (χ2n) is 18.8. The standard InChI is InChI=1S/C67H108O5/c1-4-7-10-13-16-19-22-25-28-31-33-35-38-41-44-47-50-53-56-59-62-70-63-65(72-67(69)61-58-55-52-49-46-43-40-36-30-27-24-21-18-15-12-9-6-3)64-71-66(68)60-57-54-51-48-45-42-39-37-34-32-29-26-23-20-17-14-11-8-5-2/h8-9,11-12,16-21,25-30,34,37,40,42-43,45,51,54,65H,4-7,10,13-15,22-24,31-33,35-36,38-39,41,44,46-50,52-53,55-64H2,1-3H3/b11-8-,12-9-,19-16-,20-17-,21-18-,28-25-,29-26-,30-27-,37-34-,43-40-,45-42-,54-51-. The van der Waals surface area contributed by atoms with Crippen LogP contribution in [-0.4, -0.2) is 37.9 Å². The van der Waals surface area contributed by atoms with Gasteiger partial charge in [-0.05, 0) is 128 Å². The lowest BCUT2D eigenvalue weighted by molar-refractivity contribution is -0.162. The summed E-state index contributed by atoms with van der Waals surface area (Å²) in [4.78, 5) is 25.5. The highest BCUT2D eigenvalue weighted by atomic mass is 16.6. The molecular weight excluding hydrogens is 885 g/mol. The summed E-state index contributed by atoms with van der Waals surface area (Å²) >= 11 is 0. The quantitative estimate of drug-likeness (QED) is 0.0345. The number of carbonyl (C=O) groups excluding carboxylic acids is 2. The fourth-order valence-electron chi connectivity index (χ4n) is 7.56. The molecule has 0 aromatic carbocycles. The summed E-state index contributed by atoms with van der Waals surface area (Å²) in [5.74, 6) is -0.530. The van der Waals surface area contributed by atoms with E-state index < -0.39 is 6.10 Å². The third-order valence-electron chi connectivity index (χ3n) is 11.9. The number of hydrogen-bond donors (Lipinski definition) is 0. The van der Waals surface area contributed by atoms with Crippen LogP contribution in [-0.2, 0) is 23.8 Å². The van der Waals surface area contributed by atoms with Crippen molar-refractivity contribution in [1.82, 2.24) is 0 Å². The zero-order valence-corrected chi connectivity index (χ0v) is 46.6. The van der Waals surface area contributed by atoms with Crippen LogP contribution in [0.5, 0.6) is 0 Å². The topological polar surface area (TPSA) is 61.8 Å². The molecule has 0 saturated carbocycles. The Balaban J connectivity index is 4.46. The van der Waals surface area contributed by atoms with E-state index in [9.17, 15) is 9.59 Å². The fraction of sp³-hybridized carbons (Fsp3) is 0.612. The first-order valence-electron chi connectivity index (χ1n) is 29.4.